The first-order valence-corrected chi connectivity index (χ1v) is 7.80. The predicted octanol–water partition coefficient (Wildman–Crippen LogP) is 4.95. The number of rotatable bonds is 9. The normalized spacial score (nSPS) is 12.7. The number of aryl methyl sites for hydroxylation is 1. The van der Waals surface area contributed by atoms with E-state index < -0.39 is 0 Å². The lowest BCUT2D eigenvalue weighted by atomic mass is 9.88. The van der Waals surface area contributed by atoms with Crippen LogP contribution in [0.25, 0.3) is 0 Å². The van der Waals surface area contributed by atoms with Gasteiger partial charge in [0.15, 0.2) is 0 Å². The van der Waals surface area contributed by atoms with Gasteiger partial charge in [-0.3, -0.25) is 0 Å². The quantitative estimate of drug-likeness (QED) is 0.595. The molecule has 2 nitrogen and oxygen atoms in total. The third kappa shape index (κ3) is 5.54. The topological polar surface area (TPSA) is 18.5 Å². The highest BCUT2D eigenvalue weighted by Gasteiger charge is 2.13. The highest BCUT2D eigenvalue weighted by Crippen LogP contribution is 2.31. The molecule has 1 rings (SSSR count). The molecule has 1 atom stereocenters. The largest absolute Gasteiger partial charge is 0.493 e. The van der Waals surface area contributed by atoms with Gasteiger partial charge in [0, 0.05) is 20.1 Å². The van der Waals surface area contributed by atoms with Crippen molar-refractivity contribution in [2.24, 2.45) is 5.92 Å². The van der Waals surface area contributed by atoms with Crippen LogP contribution >= 0.6 is 0 Å². The minimum Gasteiger partial charge on any atom is -0.493 e. The second-order valence-electron chi connectivity index (χ2n) is 5.95. The minimum absolute atomic E-state index is 0.636. The zero-order chi connectivity index (χ0) is 15.0. The summed E-state index contributed by atoms with van der Waals surface area (Å²) in [6.07, 6.45) is 3.36. The zero-order valence-electron chi connectivity index (χ0n) is 13.7. The molecule has 0 aliphatic heterocycles. The summed E-state index contributed by atoms with van der Waals surface area (Å²) in [5.41, 5.74) is 2.62. The Bertz CT molecular complexity index is 385. The van der Waals surface area contributed by atoms with E-state index in [1.165, 1.54) is 24.0 Å². The molecule has 0 aliphatic carbocycles. The Balaban J connectivity index is 2.73. The molecule has 0 bridgehead atoms. The van der Waals surface area contributed by atoms with Crippen molar-refractivity contribution in [3.05, 3.63) is 29.3 Å². The van der Waals surface area contributed by atoms with Crippen molar-refractivity contribution >= 4 is 0 Å². The first-order chi connectivity index (χ1) is 9.58. The molecule has 0 fully saturated rings. The van der Waals surface area contributed by atoms with Crippen molar-refractivity contribution in [1.82, 2.24) is 0 Å². The summed E-state index contributed by atoms with van der Waals surface area (Å²) < 4.78 is 11.0. The number of hydrogen-bond donors (Lipinski definition) is 0. The lowest BCUT2D eigenvalue weighted by Crippen LogP contribution is -2.05. The van der Waals surface area contributed by atoms with Crippen molar-refractivity contribution in [3.63, 3.8) is 0 Å². The van der Waals surface area contributed by atoms with Gasteiger partial charge in [-0.05, 0) is 48.8 Å². The van der Waals surface area contributed by atoms with Gasteiger partial charge >= 0.3 is 0 Å². The first kappa shape index (κ1) is 17.0. The second kappa shape index (κ2) is 9.02. The molecule has 1 aromatic rings. The van der Waals surface area contributed by atoms with Gasteiger partial charge in [0.05, 0.1) is 6.61 Å². The van der Waals surface area contributed by atoms with Gasteiger partial charge in [-0.2, -0.15) is 0 Å². The minimum atomic E-state index is 0.636. The van der Waals surface area contributed by atoms with Crippen molar-refractivity contribution in [2.45, 2.75) is 52.9 Å². The molecule has 1 aromatic carbocycles. The van der Waals surface area contributed by atoms with E-state index in [1.807, 2.05) is 0 Å². The molecule has 0 saturated heterocycles. The Labute approximate surface area is 124 Å². The Morgan fingerprint density at radius 2 is 1.90 bits per heavy atom. The summed E-state index contributed by atoms with van der Waals surface area (Å²) in [5, 5.41) is 0. The average molecular weight is 278 g/mol. The monoisotopic (exact) mass is 278 g/mol. The van der Waals surface area contributed by atoms with Crippen LogP contribution < -0.4 is 4.74 Å². The summed E-state index contributed by atoms with van der Waals surface area (Å²) >= 11 is 0. The molecular formula is C18H30O2. The van der Waals surface area contributed by atoms with Crippen molar-refractivity contribution in [3.8, 4) is 5.75 Å². The van der Waals surface area contributed by atoms with Crippen LogP contribution in [0.15, 0.2) is 18.2 Å². The SMILES string of the molecule is CCC(CC(C)C)c1ccc(C)c(OCCCOC)c1. The maximum absolute atomic E-state index is 5.90. The van der Waals surface area contributed by atoms with E-state index >= 15 is 0 Å². The first-order valence-electron chi connectivity index (χ1n) is 7.80. The maximum Gasteiger partial charge on any atom is 0.122 e. The number of ether oxygens (including phenoxy) is 2. The van der Waals surface area contributed by atoms with Crippen LogP contribution in [0, 0.1) is 12.8 Å². The molecule has 0 amide bonds. The fourth-order valence-electron chi connectivity index (χ4n) is 2.52. The summed E-state index contributed by atoms with van der Waals surface area (Å²) in [6.45, 7) is 10.4. The number of methoxy groups -OCH3 is 1. The molecular weight excluding hydrogens is 248 g/mol. The third-order valence-electron chi connectivity index (χ3n) is 3.68. The van der Waals surface area contributed by atoms with E-state index in [0.29, 0.717) is 5.92 Å². The van der Waals surface area contributed by atoms with E-state index in [9.17, 15) is 0 Å². The Kier molecular flexibility index (Phi) is 7.68. The van der Waals surface area contributed by atoms with Gasteiger partial charge in [-0.25, -0.2) is 0 Å². The molecule has 0 aliphatic rings. The smallest absolute Gasteiger partial charge is 0.122 e. The van der Waals surface area contributed by atoms with Gasteiger partial charge in [0.1, 0.15) is 5.75 Å². The summed E-state index contributed by atoms with van der Waals surface area (Å²) in [4.78, 5) is 0. The fourth-order valence-corrected chi connectivity index (χ4v) is 2.52. The molecule has 0 saturated carbocycles. The number of benzene rings is 1. The Morgan fingerprint density at radius 1 is 1.15 bits per heavy atom. The highest BCUT2D eigenvalue weighted by atomic mass is 16.5. The van der Waals surface area contributed by atoms with Crippen LogP contribution in [-0.4, -0.2) is 20.3 Å². The van der Waals surface area contributed by atoms with Crippen LogP contribution in [0.1, 0.15) is 57.1 Å². The second-order valence-corrected chi connectivity index (χ2v) is 5.95. The molecule has 114 valence electrons. The molecule has 0 N–H and O–H groups in total. The van der Waals surface area contributed by atoms with Gasteiger partial charge < -0.3 is 9.47 Å². The van der Waals surface area contributed by atoms with Crippen LogP contribution in [0.5, 0.6) is 5.75 Å². The Morgan fingerprint density at radius 3 is 2.50 bits per heavy atom. The molecule has 0 aromatic heterocycles. The van der Waals surface area contributed by atoms with Crippen LogP contribution in [0.3, 0.4) is 0 Å². The van der Waals surface area contributed by atoms with E-state index in [-0.39, 0.29) is 0 Å². The lowest BCUT2D eigenvalue weighted by molar-refractivity contribution is 0.172. The van der Waals surface area contributed by atoms with Crippen molar-refractivity contribution < 1.29 is 9.47 Å². The molecule has 0 heterocycles. The Hall–Kier alpha value is -1.02. The maximum atomic E-state index is 5.90. The van der Waals surface area contributed by atoms with E-state index in [1.54, 1.807) is 7.11 Å². The molecule has 2 heteroatoms. The van der Waals surface area contributed by atoms with Crippen LogP contribution in [0.2, 0.25) is 0 Å². The van der Waals surface area contributed by atoms with Crippen molar-refractivity contribution in [2.75, 3.05) is 20.3 Å². The molecule has 20 heavy (non-hydrogen) atoms. The predicted molar refractivity (Wildman–Crippen MR) is 85.7 cm³/mol. The van der Waals surface area contributed by atoms with Crippen LogP contribution in [0.4, 0.5) is 0 Å². The molecule has 0 spiro atoms. The van der Waals surface area contributed by atoms with Gasteiger partial charge in [0.2, 0.25) is 0 Å². The summed E-state index contributed by atoms with van der Waals surface area (Å²) in [6, 6.07) is 6.68. The fraction of sp³-hybridized carbons (Fsp3) is 0.667. The van der Waals surface area contributed by atoms with Gasteiger partial charge in [-0.15, -0.1) is 0 Å². The van der Waals surface area contributed by atoms with Crippen molar-refractivity contribution in [1.29, 1.82) is 0 Å². The van der Waals surface area contributed by atoms with E-state index in [4.69, 9.17) is 9.47 Å². The summed E-state index contributed by atoms with van der Waals surface area (Å²) in [7, 11) is 1.73. The standard InChI is InChI=1S/C18H30O2/c1-6-16(12-14(2)3)17-9-8-15(4)18(13-17)20-11-7-10-19-5/h8-9,13-14,16H,6-7,10-12H2,1-5H3. The van der Waals surface area contributed by atoms with E-state index in [0.717, 1.165) is 31.3 Å². The van der Waals surface area contributed by atoms with Crippen LogP contribution in [-0.2, 0) is 4.74 Å². The highest BCUT2D eigenvalue weighted by molar-refractivity contribution is 5.38. The molecule has 1 unspecified atom stereocenters. The lowest BCUT2D eigenvalue weighted by Gasteiger charge is -2.19. The van der Waals surface area contributed by atoms with E-state index in [2.05, 4.69) is 45.9 Å². The number of hydrogen-bond acceptors (Lipinski definition) is 2. The summed E-state index contributed by atoms with van der Waals surface area (Å²) in [5.74, 6) is 2.39. The van der Waals surface area contributed by atoms with Gasteiger partial charge in [-0.1, -0.05) is 32.9 Å². The zero-order valence-corrected chi connectivity index (χ0v) is 13.7. The average Bonchev–Trinajstić information content (AvgIpc) is 2.42. The molecule has 0 radical (unpaired) electrons. The van der Waals surface area contributed by atoms with Gasteiger partial charge in [0.25, 0.3) is 0 Å². The third-order valence-corrected chi connectivity index (χ3v) is 3.68.